The number of hydrogen-bond acceptors (Lipinski definition) is 5. The molecule has 210 valence electrons. The Balaban J connectivity index is 1.56. The lowest BCUT2D eigenvalue weighted by Gasteiger charge is -2.35. The number of hydrogen-bond donors (Lipinski definition) is 0. The Kier molecular flexibility index (Phi) is 8.49. The van der Waals surface area contributed by atoms with Crippen LogP contribution in [0, 0.1) is 0 Å². The minimum absolute atomic E-state index is 0.0459. The summed E-state index contributed by atoms with van der Waals surface area (Å²) in [5, 5.41) is 0. The summed E-state index contributed by atoms with van der Waals surface area (Å²) in [4.78, 5) is 14.4. The molecule has 2 aromatic carbocycles. The third-order valence-electron chi connectivity index (χ3n) is 7.15. The zero-order chi connectivity index (χ0) is 28.5. The van der Waals surface area contributed by atoms with Crippen LogP contribution in [-0.2, 0) is 30.3 Å². The normalized spacial score (nSPS) is 19.5. The molecule has 1 atom stereocenters. The largest absolute Gasteiger partial charge is 0.466 e. The Bertz CT molecular complexity index is 1410. The first-order valence-electron chi connectivity index (χ1n) is 13.0. The molecule has 0 bridgehead atoms. The van der Waals surface area contributed by atoms with Gasteiger partial charge in [0.15, 0.2) is 9.84 Å². The van der Waals surface area contributed by atoms with Gasteiger partial charge in [-0.15, -0.1) is 11.3 Å². The second kappa shape index (κ2) is 11.2. The molecule has 1 fully saturated rings. The first-order valence-corrected chi connectivity index (χ1v) is 19.1. The van der Waals surface area contributed by atoms with Crippen molar-refractivity contribution in [3.63, 3.8) is 0 Å². The molecule has 4 nitrogen and oxygen atoms in total. The zero-order valence-electron chi connectivity index (χ0n) is 22.3. The van der Waals surface area contributed by atoms with Gasteiger partial charge >= 0.3 is 12.1 Å². The summed E-state index contributed by atoms with van der Waals surface area (Å²) in [6.07, 6.45) is -2.89. The number of benzene rings is 2. The first-order chi connectivity index (χ1) is 18.2. The van der Waals surface area contributed by atoms with Crippen molar-refractivity contribution in [2.75, 3.05) is 12.4 Å². The van der Waals surface area contributed by atoms with Crippen LogP contribution in [0.25, 0.3) is 21.6 Å². The summed E-state index contributed by atoms with van der Waals surface area (Å²) in [7, 11) is -4.97. The molecule has 39 heavy (non-hydrogen) atoms. The average molecular weight is 595 g/mol. The number of alkyl halides is 3. The van der Waals surface area contributed by atoms with Gasteiger partial charge in [0.1, 0.15) is 4.75 Å². The molecule has 1 aliphatic rings. The van der Waals surface area contributed by atoms with Crippen LogP contribution < -0.4 is 0 Å². The van der Waals surface area contributed by atoms with E-state index < -0.39 is 40.4 Å². The van der Waals surface area contributed by atoms with E-state index in [2.05, 4.69) is 19.6 Å². The highest BCUT2D eigenvalue weighted by molar-refractivity contribution is 7.92. The molecule has 0 radical (unpaired) electrons. The highest BCUT2D eigenvalue weighted by Gasteiger charge is 2.49. The Morgan fingerprint density at radius 1 is 0.923 bits per heavy atom. The summed E-state index contributed by atoms with van der Waals surface area (Å²) in [6.45, 7) is 6.89. The lowest BCUT2D eigenvalue weighted by Crippen LogP contribution is -2.42. The van der Waals surface area contributed by atoms with Gasteiger partial charge in [0.05, 0.1) is 24.3 Å². The van der Waals surface area contributed by atoms with Crippen LogP contribution >= 0.6 is 11.3 Å². The Hall–Kier alpha value is -2.43. The van der Waals surface area contributed by atoms with Gasteiger partial charge in [-0.25, -0.2) is 8.42 Å². The molecule has 0 unspecified atom stereocenters. The molecule has 1 aliphatic heterocycles. The SMILES string of the molecule is C[Si](C)(C)CCOC(=O)C[C@]1(c2ccc(-c3ccc(-c4ccc(C(F)(F)F)cc4)cc3)s2)CCCCS1(=O)=O. The number of thiophene rings is 1. The number of carbonyl (C=O) groups excluding carboxylic acids is 1. The molecule has 10 heteroatoms. The van der Waals surface area contributed by atoms with Crippen LogP contribution in [-0.4, -0.2) is 34.8 Å². The predicted molar refractivity (Wildman–Crippen MR) is 153 cm³/mol. The topological polar surface area (TPSA) is 60.4 Å². The van der Waals surface area contributed by atoms with E-state index in [4.69, 9.17) is 4.74 Å². The van der Waals surface area contributed by atoms with Crippen molar-refractivity contribution in [2.24, 2.45) is 0 Å². The van der Waals surface area contributed by atoms with Crippen LogP contribution in [0.3, 0.4) is 0 Å². The fraction of sp³-hybridized carbons (Fsp3) is 0.414. The van der Waals surface area contributed by atoms with E-state index in [0.29, 0.717) is 29.9 Å². The monoisotopic (exact) mass is 594 g/mol. The van der Waals surface area contributed by atoms with E-state index in [-0.39, 0.29) is 12.2 Å². The van der Waals surface area contributed by atoms with Crippen molar-refractivity contribution in [3.05, 3.63) is 71.1 Å². The Morgan fingerprint density at radius 2 is 1.51 bits per heavy atom. The van der Waals surface area contributed by atoms with Crippen LogP contribution in [0.2, 0.25) is 25.7 Å². The zero-order valence-corrected chi connectivity index (χ0v) is 24.9. The summed E-state index contributed by atoms with van der Waals surface area (Å²) >= 11 is 1.36. The van der Waals surface area contributed by atoms with Crippen LogP contribution in [0.15, 0.2) is 60.7 Å². The van der Waals surface area contributed by atoms with E-state index in [1.807, 2.05) is 36.4 Å². The molecule has 1 saturated heterocycles. The maximum absolute atomic E-state index is 13.4. The van der Waals surface area contributed by atoms with Gasteiger partial charge in [0, 0.05) is 17.8 Å². The smallest absolute Gasteiger partial charge is 0.416 e. The Labute approximate surface area is 233 Å². The van der Waals surface area contributed by atoms with E-state index in [1.165, 1.54) is 23.5 Å². The highest BCUT2D eigenvalue weighted by atomic mass is 32.2. The molecule has 4 rings (SSSR count). The molecule has 0 aliphatic carbocycles. The lowest BCUT2D eigenvalue weighted by molar-refractivity contribution is -0.144. The van der Waals surface area contributed by atoms with Gasteiger partial charge in [-0.1, -0.05) is 62.5 Å². The maximum Gasteiger partial charge on any atom is 0.416 e. The van der Waals surface area contributed by atoms with Crippen LogP contribution in [0.5, 0.6) is 0 Å². The van der Waals surface area contributed by atoms with Gasteiger partial charge in [-0.05, 0) is 59.8 Å². The van der Waals surface area contributed by atoms with Crippen molar-refractivity contribution < 1.29 is 31.1 Å². The van der Waals surface area contributed by atoms with Gasteiger partial charge in [-0.3, -0.25) is 4.79 Å². The van der Waals surface area contributed by atoms with E-state index in [1.54, 1.807) is 0 Å². The van der Waals surface area contributed by atoms with Crippen molar-refractivity contribution in [1.29, 1.82) is 0 Å². The van der Waals surface area contributed by atoms with E-state index in [0.717, 1.165) is 40.6 Å². The summed E-state index contributed by atoms with van der Waals surface area (Å²) in [5.41, 5.74) is 1.61. The average Bonchev–Trinajstić information content (AvgIpc) is 3.35. The summed E-state index contributed by atoms with van der Waals surface area (Å²) in [5.74, 6) is -0.431. The molecule has 0 N–H and O–H groups in total. The van der Waals surface area contributed by atoms with Gasteiger partial charge < -0.3 is 4.74 Å². The van der Waals surface area contributed by atoms with Gasteiger partial charge in [0.25, 0.3) is 0 Å². The number of esters is 1. The van der Waals surface area contributed by atoms with Crippen LogP contribution in [0.1, 0.15) is 36.1 Å². The molecule has 0 amide bonds. The quantitative estimate of drug-likeness (QED) is 0.195. The van der Waals surface area contributed by atoms with Crippen molar-refractivity contribution in [2.45, 2.75) is 62.3 Å². The van der Waals surface area contributed by atoms with Crippen LogP contribution in [0.4, 0.5) is 13.2 Å². The second-order valence-electron chi connectivity index (χ2n) is 11.3. The predicted octanol–water partition coefficient (Wildman–Crippen LogP) is 8.17. The fourth-order valence-electron chi connectivity index (χ4n) is 4.79. The van der Waals surface area contributed by atoms with E-state index >= 15 is 0 Å². The standard InChI is InChI=1S/C29H33F3O4S2Si/c1-39(2,3)19-17-36-27(33)20-28(16-4-5-18-38(28,34)35)26-15-14-25(37-26)23-8-6-21(7-9-23)22-10-12-24(13-11-22)29(30,31)32/h6-15H,4-5,16-20H2,1-3H3/t28-/m0/s1. The minimum atomic E-state index is -4.38. The van der Waals surface area contributed by atoms with Crippen molar-refractivity contribution in [1.82, 2.24) is 0 Å². The van der Waals surface area contributed by atoms with Crippen molar-refractivity contribution in [3.8, 4) is 21.6 Å². The molecular formula is C29H33F3O4S2Si. The third-order valence-corrected chi connectivity index (χ3v) is 12.9. The molecule has 0 saturated carbocycles. The van der Waals surface area contributed by atoms with Gasteiger partial charge in [0.2, 0.25) is 0 Å². The summed E-state index contributed by atoms with van der Waals surface area (Å²) < 4.78 is 69.7. The minimum Gasteiger partial charge on any atom is -0.466 e. The molecule has 1 aromatic heterocycles. The second-order valence-corrected chi connectivity index (χ2v) is 20.4. The molecular weight excluding hydrogens is 562 g/mol. The number of sulfone groups is 1. The molecule has 0 spiro atoms. The van der Waals surface area contributed by atoms with Crippen molar-refractivity contribution >= 4 is 35.2 Å². The maximum atomic E-state index is 13.4. The summed E-state index contributed by atoms with van der Waals surface area (Å²) in [6, 6.07) is 16.9. The number of carbonyl (C=O) groups is 1. The first kappa shape index (κ1) is 29.5. The van der Waals surface area contributed by atoms with Gasteiger partial charge in [-0.2, -0.15) is 13.2 Å². The molecule has 2 heterocycles. The number of halogens is 3. The lowest BCUT2D eigenvalue weighted by atomic mass is 9.95. The fourth-order valence-corrected chi connectivity index (χ4v) is 9.27. The highest BCUT2D eigenvalue weighted by Crippen LogP contribution is 2.47. The number of ether oxygens (including phenoxy) is 1. The molecule has 3 aromatic rings. The number of rotatable bonds is 8. The van der Waals surface area contributed by atoms with E-state index in [9.17, 15) is 26.4 Å². The Morgan fingerprint density at radius 3 is 2.08 bits per heavy atom. The third kappa shape index (κ3) is 6.84.